The van der Waals surface area contributed by atoms with Crippen LogP contribution in [0.3, 0.4) is 0 Å². The fraction of sp³-hybridized carbons (Fsp3) is 0.278. The predicted octanol–water partition coefficient (Wildman–Crippen LogP) is 3.85. The van der Waals surface area contributed by atoms with Gasteiger partial charge in [0.15, 0.2) is 5.82 Å². The average Bonchev–Trinajstić information content (AvgIpc) is 3.20. The number of aromatic nitrogens is 4. The van der Waals surface area contributed by atoms with E-state index in [1.807, 2.05) is 4.52 Å². The Morgan fingerprint density at radius 2 is 1.79 bits per heavy atom. The second-order valence-corrected chi connectivity index (χ2v) is 6.66. The first kappa shape index (κ1) is 15.2. The largest absolute Gasteiger partial charge is 0.296 e. The van der Waals surface area contributed by atoms with Crippen molar-refractivity contribution < 1.29 is 0 Å². The summed E-state index contributed by atoms with van der Waals surface area (Å²) in [5.74, 6) is 0.899. The lowest BCUT2D eigenvalue weighted by Crippen LogP contribution is -2.23. The van der Waals surface area contributed by atoms with Gasteiger partial charge in [-0.1, -0.05) is 67.6 Å². The molecule has 2 aromatic carbocycles. The van der Waals surface area contributed by atoms with Crippen molar-refractivity contribution in [2.75, 3.05) is 13.1 Å². The van der Waals surface area contributed by atoms with Crippen molar-refractivity contribution in [3.63, 3.8) is 0 Å². The molecule has 0 saturated carbocycles. The Bertz CT molecular complexity index is 978. The fourth-order valence-corrected chi connectivity index (χ4v) is 3.82. The van der Waals surface area contributed by atoms with E-state index in [1.165, 1.54) is 10.8 Å². The molecule has 0 aliphatic heterocycles. The molecule has 24 heavy (non-hydrogen) atoms. The second kappa shape index (κ2) is 6.30. The first-order valence-corrected chi connectivity index (χ1v) is 9.03. The fourth-order valence-electron chi connectivity index (χ4n) is 2.92. The van der Waals surface area contributed by atoms with E-state index in [-0.39, 0.29) is 0 Å². The minimum atomic E-state index is 0.771. The van der Waals surface area contributed by atoms with Crippen LogP contribution in [0.4, 0.5) is 0 Å². The van der Waals surface area contributed by atoms with Crippen molar-refractivity contribution in [3.05, 3.63) is 48.3 Å². The van der Waals surface area contributed by atoms with Crippen molar-refractivity contribution in [1.29, 1.82) is 0 Å². The van der Waals surface area contributed by atoms with Gasteiger partial charge in [-0.25, -0.2) is 0 Å². The van der Waals surface area contributed by atoms with E-state index in [2.05, 4.69) is 71.4 Å². The molecule has 0 saturated heterocycles. The number of rotatable bonds is 5. The minimum absolute atomic E-state index is 0.771. The van der Waals surface area contributed by atoms with Gasteiger partial charge >= 0.3 is 0 Å². The number of fused-ring (bicyclic) bond motifs is 2. The summed E-state index contributed by atoms with van der Waals surface area (Å²) in [6, 6.07) is 14.7. The molecule has 2 heterocycles. The van der Waals surface area contributed by atoms with Crippen LogP contribution in [0.5, 0.6) is 0 Å². The third-order valence-electron chi connectivity index (χ3n) is 4.33. The molecule has 0 unspecified atom stereocenters. The maximum absolute atomic E-state index is 4.80. The highest BCUT2D eigenvalue weighted by molar-refractivity contribution is 7.19. The Morgan fingerprint density at radius 1 is 1.00 bits per heavy atom. The molecule has 2 aromatic heterocycles. The maximum atomic E-state index is 4.80. The molecule has 6 heteroatoms. The van der Waals surface area contributed by atoms with Gasteiger partial charge in [-0.15, -0.1) is 10.2 Å². The Morgan fingerprint density at radius 3 is 2.62 bits per heavy atom. The van der Waals surface area contributed by atoms with Gasteiger partial charge in [0.2, 0.25) is 4.96 Å². The average molecular weight is 337 g/mol. The third kappa shape index (κ3) is 2.57. The summed E-state index contributed by atoms with van der Waals surface area (Å²) in [5, 5.41) is 16.8. The molecule has 122 valence electrons. The van der Waals surface area contributed by atoms with Crippen LogP contribution in [-0.2, 0) is 6.54 Å². The summed E-state index contributed by atoms with van der Waals surface area (Å²) in [6.45, 7) is 7.07. The Hall–Kier alpha value is -2.31. The highest BCUT2D eigenvalue weighted by Crippen LogP contribution is 2.31. The molecule has 4 aromatic rings. The lowest BCUT2D eigenvalue weighted by Gasteiger charge is -2.15. The maximum Gasteiger partial charge on any atom is 0.235 e. The molecule has 0 radical (unpaired) electrons. The summed E-state index contributed by atoms with van der Waals surface area (Å²) in [5.41, 5.74) is 1.15. The minimum Gasteiger partial charge on any atom is -0.296 e. The topological polar surface area (TPSA) is 46.3 Å². The van der Waals surface area contributed by atoms with Crippen LogP contribution in [0, 0.1) is 0 Å². The molecule has 0 bridgehead atoms. The third-order valence-corrected chi connectivity index (χ3v) is 5.27. The predicted molar refractivity (Wildman–Crippen MR) is 98.2 cm³/mol. The van der Waals surface area contributed by atoms with Crippen molar-refractivity contribution in [2.45, 2.75) is 20.4 Å². The van der Waals surface area contributed by atoms with Crippen molar-refractivity contribution in [3.8, 4) is 10.6 Å². The lowest BCUT2D eigenvalue weighted by atomic mass is 10.1. The number of hydrogen-bond donors (Lipinski definition) is 0. The highest BCUT2D eigenvalue weighted by Gasteiger charge is 2.15. The van der Waals surface area contributed by atoms with E-state index in [0.29, 0.717) is 0 Å². The van der Waals surface area contributed by atoms with E-state index in [1.54, 1.807) is 11.3 Å². The first-order chi connectivity index (χ1) is 11.8. The number of hydrogen-bond acceptors (Lipinski definition) is 5. The van der Waals surface area contributed by atoms with Gasteiger partial charge in [0, 0.05) is 5.56 Å². The quantitative estimate of drug-likeness (QED) is 0.555. The van der Waals surface area contributed by atoms with Gasteiger partial charge in [-0.3, -0.25) is 4.90 Å². The van der Waals surface area contributed by atoms with Gasteiger partial charge < -0.3 is 0 Å². The molecule has 0 amide bonds. The molecule has 0 aliphatic rings. The molecular weight excluding hydrogens is 318 g/mol. The number of benzene rings is 2. The zero-order valence-electron chi connectivity index (χ0n) is 13.8. The highest BCUT2D eigenvalue weighted by atomic mass is 32.1. The normalized spacial score (nSPS) is 11.8. The van der Waals surface area contributed by atoms with E-state index >= 15 is 0 Å². The molecule has 0 atom stereocenters. The first-order valence-electron chi connectivity index (χ1n) is 8.21. The standard InChI is InChI=1S/C18H19N5S/c1-3-22(4-2)12-16-19-20-18-23(16)21-17(24-18)15-11-7-9-13-8-5-6-10-14(13)15/h5-11H,3-4,12H2,1-2H3. The van der Waals surface area contributed by atoms with Crippen molar-refractivity contribution >= 4 is 27.1 Å². The van der Waals surface area contributed by atoms with E-state index in [9.17, 15) is 0 Å². The second-order valence-electron chi connectivity index (χ2n) is 5.71. The van der Waals surface area contributed by atoms with Gasteiger partial charge in [-0.05, 0) is 23.9 Å². The van der Waals surface area contributed by atoms with Crippen LogP contribution in [0.1, 0.15) is 19.7 Å². The molecule has 0 aliphatic carbocycles. The van der Waals surface area contributed by atoms with Gasteiger partial charge in [0.05, 0.1) is 6.54 Å². The molecule has 0 N–H and O–H groups in total. The lowest BCUT2D eigenvalue weighted by molar-refractivity contribution is 0.286. The van der Waals surface area contributed by atoms with E-state index < -0.39 is 0 Å². The SMILES string of the molecule is CCN(CC)Cc1nnc2sc(-c3cccc4ccccc34)nn12. The number of nitrogens with zero attached hydrogens (tertiary/aromatic N) is 5. The molecular formula is C18H19N5S. The Balaban J connectivity index is 1.79. The van der Waals surface area contributed by atoms with Gasteiger partial charge in [0.25, 0.3) is 0 Å². The van der Waals surface area contributed by atoms with E-state index in [0.717, 1.165) is 41.0 Å². The summed E-state index contributed by atoms with van der Waals surface area (Å²) in [6.07, 6.45) is 0. The Kier molecular flexibility index (Phi) is 4.00. The van der Waals surface area contributed by atoms with Crippen LogP contribution in [0.2, 0.25) is 0 Å². The zero-order chi connectivity index (χ0) is 16.5. The van der Waals surface area contributed by atoms with Crippen LogP contribution in [0.15, 0.2) is 42.5 Å². The summed E-state index contributed by atoms with van der Waals surface area (Å²) in [7, 11) is 0. The summed E-state index contributed by atoms with van der Waals surface area (Å²) in [4.78, 5) is 3.16. The van der Waals surface area contributed by atoms with Crippen molar-refractivity contribution in [1.82, 2.24) is 24.7 Å². The van der Waals surface area contributed by atoms with Crippen LogP contribution in [0.25, 0.3) is 26.3 Å². The zero-order valence-corrected chi connectivity index (χ0v) is 14.6. The monoisotopic (exact) mass is 337 g/mol. The summed E-state index contributed by atoms with van der Waals surface area (Å²) < 4.78 is 1.89. The van der Waals surface area contributed by atoms with Crippen LogP contribution < -0.4 is 0 Å². The van der Waals surface area contributed by atoms with Crippen LogP contribution in [-0.4, -0.2) is 37.8 Å². The van der Waals surface area contributed by atoms with Gasteiger partial charge in [0.1, 0.15) is 5.01 Å². The van der Waals surface area contributed by atoms with E-state index in [4.69, 9.17) is 5.10 Å². The van der Waals surface area contributed by atoms with Crippen LogP contribution >= 0.6 is 11.3 Å². The Labute approximate surface area is 144 Å². The smallest absolute Gasteiger partial charge is 0.235 e. The molecule has 0 fully saturated rings. The molecule has 0 spiro atoms. The van der Waals surface area contributed by atoms with Gasteiger partial charge in [-0.2, -0.15) is 9.61 Å². The molecule has 5 nitrogen and oxygen atoms in total. The summed E-state index contributed by atoms with van der Waals surface area (Å²) >= 11 is 1.59. The molecule has 4 rings (SSSR count). The van der Waals surface area contributed by atoms with Crippen molar-refractivity contribution in [2.24, 2.45) is 0 Å².